The molecule has 2 rings (SSSR count). The third-order valence-electron chi connectivity index (χ3n) is 3.26. The summed E-state index contributed by atoms with van der Waals surface area (Å²) in [6.07, 6.45) is -0.920. The predicted octanol–water partition coefficient (Wildman–Crippen LogP) is 3.44. The zero-order valence-corrected chi connectivity index (χ0v) is 13.9. The van der Waals surface area contributed by atoms with Crippen molar-refractivity contribution >= 4 is 34.7 Å². The smallest absolute Gasteiger partial charge is 0.349 e. The number of anilines is 1. The fraction of sp³-hybridized carbons (Fsp3) is 0.235. The minimum Gasteiger partial charge on any atom is -0.448 e. The van der Waals surface area contributed by atoms with Crippen LogP contribution in [0.1, 0.15) is 39.4 Å². The van der Waals surface area contributed by atoms with E-state index >= 15 is 0 Å². The van der Waals surface area contributed by atoms with Gasteiger partial charge in [0, 0.05) is 11.3 Å². The van der Waals surface area contributed by atoms with E-state index in [0.29, 0.717) is 16.1 Å². The zero-order chi connectivity index (χ0) is 17.0. The molecular formula is C17H17NO4S. The van der Waals surface area contributed by atoms with Gasteiger partial charge in [0.2, 0.25) is 0 Å². The van der Waals surface area contributed by atoms with Crippen LogP contribution in [0.15, 0.2) is 35.7 Å². The van der Waals surface area contributed by atoms with E-state index in [0.717, 1.165) is 5.56 Å². The maximum atomic E-state index is 12.1. The summed E-state index contributed by atoms with van der Waals surface area (Å²) in [6, 6.07) is 8.34. The molecule has 23 heavy (non-hydrogen) atoms. The molecule has 1 N–H and O–H groups in total. The molecule has 0 aliphatic rings. The summed E-state index contributed by atoms with van der Waals surface area (Å²) < 4.78 is 5.18. The number of nitrogens with one attached hydrogen (secondary N) is 1. The predicted molar refractivity (Wildman–Crippen MR) is 89.0 cm³/mol. The summed E-state index contributed by atoms with van der Waals surface area (Å²) in [5.41, 5.74) is 1.93. The van der Waals surface area contributed by atoms with Crippen molar-refractivity contribution in [2.24, 2.45) is 0 Å². The topological polar surface area (TPSA) is 72.5 Å². The molecule has 1 atom stereocenters. The van der Waals surface area contributed by atoms with E-state index < -0.39 is 18.0 Å². The molecule has 0 radical (unpaired) electrons. The van der Waals surface area contributed by atoms with Crippen molar-refractivity contribution in [3.63, 3.8) is 0 Å². The molecule has 0 spiro atoms. The van der Waals surface area contributed by atoms with E-state index in [2.05, 4.69) is 5.32 Å². The van der Waals surface area contributed by atoms with Gasteiger partial charge in [0.05, 0.1) is 0 Å². The Hall–Kier alpha value is -2.47. The van der Waals surface area contributed by atoms with Crippen LogP contribution in [0.4, 0.5) is 5.69 Å². The number of aryl methyl sites for hydroxylation is 1. The van der Waals surface area contributed by atoms with Crippen LogP contribution in [0.25, 0.3) is 0 Å². The van der Waals surface area contributed by atoms with E-state index in [1.165, 1.54) is 25.2 Å². The Morgan fingerprint density at radius 1 is 1.13 bits per heavy atom. The normalized spacial score (nSPS) is 11.6. The molecule has 0 saturated carbocycles. The van der Waals surface area contributed by atoms with Gasteiger partial charge in [-0.15, -0.1) is 11.3 Å². The number of Topliss-reactive ketones (excluding diaryl/α,β-unsaturated/α-hetero) is 1. The summed E-state index contributed by atoms with van der Waals surface area (Å²) in [4.78, 5) is 35.8. The van der Waals surface area contributed by atoms with Gasteiger partial charge in [0.1, 0.15) is 4.88 Å². The first kappa shape index (κ1) is 16.9. The number of carbonyl (C=O) groups excluding carboxylic acids is 3. The molecular weight excluding hydrogens is 314 g/mol. The Bertz CT molecular complexity index is 733. The number of hydrogen-bond donors (Lipinski definition) is 1. The van der Waals surface area contributed by atoms with Crippen molar-refractivity contribution in [2.45, 2.75) is 26.9 Å². The van der Waals surface area contributed by atoms with E-state index in [4.69, 9.17) is 4.74 Å². The molecule has 0 fully saturated rings. The first-order valence-corrected chi connectivity index (χ1v) is 7.93. The average molecular weight is 331 g/mol. The van der Waals surface area contributed by atoms with E-state index in [9.17, 15) is 14.4 Å². The van der Waals surface area contributed by atoms with Gasteiger partial charge in [-0.05, 0) is 62.0 Å². The highest BCUT2D eigenvalue weighted by Gasteiger charge is 2.20. The fourth-order valence-electron chi connectivity index (χ4n) is 1.88. The Balaban J connectivity index is 1.96. The lowest BCUT2D eigenvalue weighted by molar-refractivity contribution is -0.123. The highest BCUT2D eigenvalue weighted by Crippen LogP contribution is 2.18. The van der Waals surface area contributed by atoms with Crippen molar-refractivity contribution in [2.75, 3.05) is 5.32 Å². The minimum absolute atomic E-state index is 0.0449. The Labute approximate surface area is 138 Å². The molecule has 1 aromatic heterocycles. The lowest BCUT2D eigenvalue weighted by atomic mass is 10.1. The van der Waals surface area contributed by atoms with Gasteiger partial charge in [-0.3, -0.25) is 9.59 Å². The van der Waals surface area contributed by atoms with Gasteiger partial charge >= 0.3 is 5.97 Å². The molecule has 0 aliphatic heterocycles. The molecule has 6 heteroatoms. The van der Waals surface area contributed by atoms with E-state index in [-0.39, 0.29) is 5.78 Å². The zero-order valence-electron chi connectivity index (χ0n) is 13.1. The number of carbonyl (C=O) groups is 3. The van der Waals surface area contributed by atoms with Crippen molar-refractivity contribution in [1.29, 1.82) is 0 Å². The molecule has 1 amide bonds. The number of ether oxygens (including phenoxy) is 1. The lowest BCUT2D eigenvalue weighted by Gasteiger charge is -2.13. The highest BCUT2D eigenvalue weighted by molar-refractivity contribution is 7.12. The average Bonchev–Trinajstić information content (AvgIpc) is 2.93. The second-order valence-electron chi connectivity index (χ2n) is 5.10. The van der Waals surface area contributed by atoms with Gasteiger partial charge < -0.3 is 10.1 Å². The van der Waals surface area contributed by atoms with Crippen LogP contribution in [0.3, 0.4) is 0 Å². The van der Waals surface area contributed by atoms with Gasteiger partial charge in [-0.1, -0.05) is 0 Å². The largest absolute Gasteiger partial charge is 0.448 e. The van der Waals surface area contributed by atoms with Crippen molar-refractivity contribution in [3.8, 4) is 0 Å². The second kappa shape index (κ2) is 7.19. The molecule has 2 aromatic rings. The summed E-state index contributed by atoms with van der Waals surface area (Å²) >= 11 is 1.28. The van der Waals surface area contributed by atoms with Crippen LogP contribution < -0.4 is 5.32 Å². The van der Waals surface area contributed by atoms with E-state index in [1.807, 2.05) is 13.0 Å². The first-order chi connectivity index (χ1) is 10.9. The number of thiophene rings is 1. The maximum Gasteiger partial charge on any atom is 0.349 e. The molecule has 1 heterocycles. The van der Waals surface area contributed by atoms with Crippen molar-refractivity contribution < 1.29 is 19.1 Å². The number of rotatable bonds is 5. The third kappa shape index (κ3) is 4.26. The van der Waals surface area contributed by atoms with Crippen molar-refractivity contribution in [1.82, 2.24) is 0 Å². The first-order valence-electron chi connectivity index (χ1n) is 7.05. The Morgan fingerprint density at radius 3 is 2.30 bits per heavy atom. The Morgan fingerprint density at radius 2 is 1.78 bits per heavy atom. The van der Waals surface area contributed by atoms with Gasteiger partial charge in [0.15, 0.2) is 11.9 Å². The number of hydrogen-bond acceptors (Lipinski definition) is 5. The third-order valence-corrected chi connectivity index (χ3v) is 4.26. The van der Waals surface area contributed by atoms with Crippen LogP contribution >= 0.6 is 11.3 Å². The maximum absolute atomic E-state index is 12.1. The number of esters is 1. The standard InChI is InChI=1S/C17H17NO4S/c1-10-8-9-23-15(10)17(21)22-12(3)16(20)18-14-6-4-13(5-7-14)11(2)19/h4-9,12H,1-3H3,(H,18,20)/t12-/m0/s1. The van der Waals surface area contributed by atoms with Gasteiger partial charge in [0.25, 0.3) is 5.91 Å². The summed E-state index contributed by atoms with van der Waals surface area (Å²) in [5.74, 6) is -0.980. The Kier molecular flexibility index (Phi) is 5.28. The molecule has 0 bridgehead atoms. The summed E-state index contributed by atoms with van der Waals surface area (Å²) in [6.45, 7) is 4.80. The van der Waals surface area contributed by atoms with E-state index in [1.54, 1.807) is 29.6 Å². The highest BCUT2D eigenvalue weighted by atomic mass is 32.1. The number of ketones is 1. The SMILES string of the molecule is CC(=O)c1ccc(NC(=O)[C@H](C)OC(=O)c2sccc2C)cc1. The monoisotopic (exact) mass is 331 g/mol. The molecule has 0 aliphatic carbocycles. The number of amides is 1. The van der Waals surface area contributed by atoms with Crippen molar-refractivity contribution in [3.05, 3.63) is 51.7 Å². The van der Waals surface area contributed by atoms with Crippen LogP contribution in [-0.4, -0.2) is 23.8 Å². The van der Waals surface area contributed by atoms with Crippen LogP contribution in [0.5, 0.6) is 0 Å². The lowest BCUT2D eigenvalue weighted by Crippen LogP contribution is -2.29. The van der Waals surface area contributed by atoms with Crippen LogP contribution in [0.2, 0.25) is 0 Å². The quantitative estimate of drug-likeness (QED) is 0.673. The molecule has 0 unspecified atom stereocenters. The molecule has 5 nitrogen and oxygen atoms in total. The van der Waals surface area contributed by atoms with Gasteiger partial charge in [-0.2, -0.15) is 0 Å². The van der Waals surface area contributed by atoms with Crippen LogP contribution in [-0.2, 0) is 9.53 Å². The molecule has 1 aromatic carbocycles. The minimum atomic E-state index is -0.920. The summed E-state index contributed by atoms with van der Waals surface area (Å²) in [5, 5.41) is 4.45. The molecule has 120 valence electrons. The second-order valence-corrected chi connectivity index (χ2v) is 6.02. The fourth-order valence-corrected chi connectivity index (χ4v) is 2.69. The van der Waals surface area contributed by atoms with Gasteiger partial charge in [-0.25, -0.2) is 4.79 Å². The van der Waals surface area contributed by atoms with Crippen LogP contribution in [0, 0.1) is 6.92 Å². The summed E-state index contributed by atoms with van der Waals surface area (Å²) in [7, 11) is 0. The molecule has 0 saturated heterocycles. The number of benzene rings is 1.